The highest BCUT2D eigenvalue weighted by Crippen LogP contribution is 2.25. The van der Waals surface area contributed by atoms with Crippen LogP contribution >= 0.6 is 23.2 Å². The number of hydrogen-bond donors (Lipinski definition) is 3. The second-order valence-corrected chi connectivity index (χ2v) is 4.35. The lowest BCUT2D eigenvalue weighted by molar-refractivity contribution is 0.222. The molecular weight excluding hydrogens is 263 g/mol. The topological polar surface area (TPSA) is 61.4 Å². The SMILES string of the molecule is CC[C@@H](CO)NC(=O)Nc1cc(Cl)ccc1Cl. The van der Waals surface area contributed by atoms with Crippen molar-refractivity contribution in [3.63, 3.8) is 0 Å². The molecule has 0 unspecified atom stereocenters. The number of aliphatic hydroxyl groups is 1. The molecule has 0 aromatic heterocycles. The molecule has 1 aromatic rings. The summed E-state index contributed by atoms with van der Waals surface area (Å²) in [5.74, 6) is 0. The fraction of sp³-hybridized carbons (Fsp3) is 0.364. The van der Waals surface area contributed by atoms with Gasteiger partial charge in [-0.05, 0) is 24.6 Å². The van der Waals surface area contributed by atoms with Crippen molar-refractivity contribution in [2.45, 2.75) is 19.4 Å². The molecular formula is C11H14Cl2N2O2. The third-order valence-corrected chi connectivity index (χ3v) is 2.79. The summed E-state index contributed by atoms with van der Waals surface area (Å²) in [5, 5.41) is 15.0. The van der Waals surface area contributed by atoms with E-state index in [0.717, 1.165) is 0 Å². The predicted molar refractivity (Wildman–Crippen MR) is 69.8 cm³/mol. The van der Waals surface area contributed by atoms with E-state index in [1.165, 1.54) is 0 Å². The molecule has 0 aliphatic rings. The van der Waals surface area contributed by atoms with Crippen molar-refractivity contribution in [3.05, 3.63) is 28.2 Å². The van der Waals surface area contributed by atoms with Gasteiger partial charge in [0.15, 0.2) is 0 Å². The maximum Gasteiger partial charge on any atom is 0.319 e. The number of carbonyl (C=O) groups excluding carboxylic acids is 1. The van der Waals surface area contributed by atoms with Crippen LogP contribution in [0.4, 0.5) is 10.5 Å². The van der Waals surface area contributed by atoms with E-state index in [1.54, 1.807) is 18.2 Å². The number of benzene rings is 1. The molecule has 0 aliphatic carbocycles. The molecule has 1 atom stereocenters. The largest absolute Gasteiger partial charge is 0.394 e. The molecule has 2 amide bonds. The Hall–Kier alpha value is -0.970. The number of amides is 2. The fourth-order valence-electron chi connectivity index (χ4n) is 1.21. The molecule has 1 rings (SSSR count). The van der Waals surface area contributed by atoms with Gasteiger partial charge in [0, 0.05) is 5.02 Å². The van der Waals surface area contributed by atoms with Crippen molar-refractivity contribution >= 4 is 34.9 Å². The summed E-state index contributed by atoms with van der Waals surface area (Å²) in [7, 11) is 0. The quantitative estimate of drug-likeness (QED) is 0.792. The summed E-state index contributed by atoms with van der Waals surface area (Å²) in [4.78, 5) is 11.6. The van der Waals surface area contributed by atoms with Crippen LogP contribution in [0.5, 0.6) is 0 Å². The minimum absolute atomic E-state index is 0.104. The number of urea groups is 1. The minimum Gasteiger partial charge on any atom is -0.394 e. The molecule has 0 saturated heterocycles. The highest BCUT2D eigenvalue weighted by atomic mass is 35.5. The molecule has 6 heteroatoms. The van der Waals surface area contributed by atoms with Crippen molar-refractivity contribution < 1.29 is 9.90 Å². The van der Waals surface area contributed by atoms with Crippen LogP contribution in [0.3, 0.4) is 0 Å². The maximum atomic E-state index is 11.6. The van der Waals surface area contributed by atoms with Crippen molar-refractivity contribution in [1.82, 2.24) is 5.32 Å². The first-order chi connectivity index (χ1) is 8.06. The van der Waals surface area contributed by atoms with Gasteiger partial charge in [-0.2, -0.15) is 0 Å². The van der Waals surface area contributed by atoms with Gasteiger partial charge in [-0.3, -0.25) is 0 Å². The molecule has 17 heavy (non-hydrogen) atoms. The van der Waals surface area contributed by atoms with Gasteiger partial charge in [0.05, 0.1) is 23.4 Å². The van der Waals surface area contributed by atoms with Gasteiger partial charge in [0.1, 0.15) is 0 Å². The summed E-state index contributed by atoms with van der Waals surface area (Å²) in [6, 6.07) is 4.10. The lowest BCUT2D eigenvalue weighted by Gasteiger charge is -2.15. The lowest BCUT2D eigenvalue weighted by Crippen LogP contribution is -2.39. The van der Waals surface area contributed by atoms with Gasteiger partial charge in [-0.15, -0.1) is 0 Å². The van der Waals surface area contributed by atoms with Crippen LogP contribution in [0.1, 0.15) is 13.3 Å². The normalized spacial score (nSPS) is 12.0. The van der Waals surface area contributed by atoms with Crippen LogP contribution in [-0.2, 0) is 0 Å². The molecule has 0 bridgehead atoms. The van der Waals surface area contributed by atoms with Crippen molar-refractivity contribution in [3.8, 4) is 0 Å². The van der Waals surface area contributed by atoms with Gasteiger partial charge in [-0.25, -0.2) is 4.79 Å². The van der Waals surface area contributed by atoms with E-state index in [9.17, 15) is 4.79 Å². The van der Waals surface area contributed by atoms with Crippen molar-refractivity contribution in [2.75, 3.05) is 11.9 Å². The van der Waals surface area contributed by atoms with E-state index in [-0.39, 0.29) is 12.6 Å². The van der Waals surface area contributed by atoms with Gasteiger partial charge < -0.3 is 15.7 Å². The van der Waals surface area contributed by atoms with E-state index in [1.807, 2.05) is 6.92 Å². The van der Waals surface area contributed by atoms with Gasteiger partial charge in [0.2, 0.25) is 0 Å². The standard InChI is InChI=1S/C11H14Cl2N2O2/c1-2-8(6-16)14-11(17)15-10-5-7(12)3-4-9(10)13/h3-5,8,16H,2,6H2,1H3,(H2,14,15,17)/t8-/m0/s1. The van der Waals surface area contributed by atoms with Crippen LogP contribution in [0.2, 0.25) is 10.0 Å². The summed E-state index contributed by atoms with van der Waals surface area (Å²) in [5.41, 5.74) is 0.435. The average molecular weight is 277 g/mol. The van der Waals surface area contributed by atoms with Crippen LogP contribution in [0, 0.1) is 0 Å². The molecule has 0 aliphatic heterocycles. The third kappa shape index (κ3) is 4.42. The summed E-state index contributed by atoms with van der Waals surface area (Å²) < 4.78 is 0. The first kappa shape index (κ1) is 14.1. The monoisotopic (exact) mass is 276 g/mol. The molecule has 3 N–H and O–H groups in total. The Kier molecular flexibility index (Phi) is 5.55. The van der Waals surface area contributed by atoms with Gasteiger partial charge in [0.25, 0.3) is 0 Å². The number of nitrogens with one attached hydrogen (secondary N) is 2. The number of hydrogen-bond acceptors (Lipinski definition) is 2. The second-order valence-electron chi connectivity index (χ2n) is 3.51. The second kappa shape index (κ2) is 6.69. The van der Waals surface area contributed by atoms with Crippen molar-refractivity contribution in [1.29, 1.82) is 0 Å². The Morgan fingerprint density at radius 3 is 2.76 bits per heavy atom. The van der Waals surface area contributed by atoms with E-state index >= 15 is 0 Å². The van der Waals surface area contributed by atoms with Crippen LogP contribution in [0.15, 0.2) is 18.2 Å². The molecule has 0 spiro atoms. The minimum atomic E-state index is -0.421. The highest BCUT2D eigenvalue weighted by Gasteiger charge is 2.10. The molecule has 0 saturated carbocycles. The van der Waals surface area contributed by atoms with E-state index in [4.69, 9.17) is 28.3 Å². The average Bonchev–Trinajstić information content (AvgIpc) is 2.31. The van der Waals surface area contributed by atoms with E-state index in [2.05, 4.69) is 10.6 Å². The Labute approximate surface area is 110 Å². The van der Waals surface area contributed by atoms with Gasteiger partial charge in [-0.1, -0.05) is 30.1 Å². The Bertz CT molecular complexity index is 395. The van der Waals surface area contributed by atoms with Gasteiger partial charge >= 0.3 is 6.03 Å². The predicted octanol–water partition coefficient (Wildman–Crippen LogP) is 2.89. The van der Waals surface area contributed by atoms with E-state index in [0.29, 0.717) is 22.2 Å². The molecule has 1 aromatic carbocycles. The third-order valence-electron chi connectivity index (χ3n) is 2.23. The first-order valence-electron chi connectivity index (χ1n) is 5.20. The van der Waals surface area contributed by atoms with Crippen LogP contribution in [-0.4, -0.2) is 23.8 Å². The zero-order valence-corrected chi connectivity index (χ0v) is 10.8. The summed E-state index contributed by atoms with van der Waals surface area (Å²) in [6.45, 7) is 1.76. The Balaban J connectivity index is 2.64. The zero-order valence-electron chi connectivity index (χ0n) is 9.34. The summed E-state index contributed by atoms with van der Waals surface area (Å²) in [6.07, 6.45) is 0.646. The zero-order chi connectivity index (χ0) is 12.8. The number of anilines is 1. The van der Waals surface area contributed by atoms with E-state index < -0.39 is 6.03 Å². The smallest absolute Gasteiger partial charge is 0.319 e. The molecule has 94 valence electrons. The highest BCUT2D eigenvalue weighted by molar-refractivity contribution is 6.35. The fourth-order valence-corrected chi connectivity index (χ4v) is 1.55. The summed E-state index contributed by atoms with van der Waals surface area (Å²) >= 11 is 11.7. The molecule has 0 fully saturated rings. The first-order valence-corrected chi connectivity index (χ1v) is 5.95. The molecule has 4 nitrogen and oxygen atoms in total. The lowest BCUT2D eigenvalue weighted by atomic mass is 10.2. The molecule has 0 heterocycles. The van der Waals surface area contributed by atoms with Crippen LogP contribution in [0.25, 0.3) is 0 Å². The number of rotatable bonds is 4. The molecule has 0 radical (unpaired) electrons. The Morgan fingerprint density at radius 1 is 1.47 bits per heavy atom. The van der Waals surface area contributed by atoms with Crippen molar-refractivity contribution in [2.24, 2.45) is 0 Å². The number of aliphatic hydroxyl groups excluding tert-OH is 1. The maximum absolute atomic E-state index is 11.6. The number of carbonyl (C=O) groups is 1. The Morgan fingerprint density at radius 2 is 2.18 bits per heavy atom. The van der Waals surface area contributed by atoms with Crippen LogP contribution < -0.4 is 10.6 Å². The number of halogens is 2.